The summed E-state index contributed by atoms with van der Waals surface area (Å²) in [5, 5.41) is 18.1. The lowest BCUT2D eigenvalue weighted by atomic mass is 10.0. The first-order valence-electron chi connectivity index (χ1n) is 8.71. The molecule has 1 unspecified atom stereocenters. The Morgan fingerprint density at radius 1 is 0.905 bits per heavy atom. The lowest BCUT2D eigenvalue weighted by molar-refractivity contribution is -0.137. The highest BCUT2D eigenvalue weighted by Gasteiger charge is 2.01. The normalized spacial score (nSPS) is 12.9. The summed E-state index contributed by atoms with van der Waals surface area (Å²) >= 11 is 0. The third-order valence-corrected chi connectivity index (χ3v) is 3.71. The van der Waals surface area contributed by atoms with Gasteiger partial charge in [-0.2, -0.15) is 0 Å². The molecule has 3 heteroatoms. The number of carbonyl (C=O) groups is 1. The Hall–Kier alpha value is -0.830. The number of allylic oxidation sites excluding steroid dienone is 2. The maximum atomic E-state index is 10.3. The minimum atomic E-state index is -0.693. The Labute approximate surface area is 130 Å². The lowest BCUT2D eigenvalue weighted by Gasteiger charge is -2.08. The van der Waals surface area contributed by atoms with Gasteiger partial charge in [-0.15, -0.1) is 0 Å². The average molecular weight is 298 g/mol. The molecule has 0 aromatic carbocycles. The van der Waals surface area contributed by atoms with Crippen molar-refractivity contribution in [2.45, 2.75) is 96.5 Å². The standard InChI is InChI=1S/C18H34O3/c1-2-14-17(19)15-12-10-8-6-4-3-5-7-9-11-13-16-18(20)21/h5,7,17,19H,2-4,6,8-16H2,1H3,(H,20,21). The third kappa shape index (κ3) is 17.1. The van der Waals surface area contributed by atoms with E-state index >= 15 is 0 Å². The summed E-state index contributed by atoms with van der Waals surface area (Å²) < 4.78 is 0. The van der Waals surface area contributed by atoms with Gasteiger partial charge in [0.2, 0.25) is 0 Å². The van der Waals surface area contributed by atoms with E-state index in [0.717, 1.165) is 51.4 Å². The first-order valence-corrected chi connectivity index (χ1v) is 8.71. The predicted molar refractivity (Wildman–Crippen MR) is 88.5 cm³/mol. The van der Waals surface area contributed by atoms with Crippen molar-refractivity contribution in [3.63, 3.8) is 0 Å². The van der Waals surface area contributed by atoms with E-state index in [2.05, 4.69) is 19.1 Å². The van der Waals surface area contributed by atoms with Crippen molar-refractivity contribution in [2.24, 2.45) is 0 Å². The number of aliphatic hydroxyl groups excluding tert-OH is 1. The van der Waals surface area contributed by atoms with E-state index in [-0.39, 0.29) is 6.10 Å². The molecule has 124 valence electrons. The van der Waals surface area contributed by atoms with Crippen molar-refractivity contribution in [2.75, 3.05) is 0 Å². The van der Waals surface area contributed by atoms with Gasteiger partial charge in [0.05, 0.1) is 6.10 Å². The average Bonchev–Trinajstić information content (AvgIpc) is 2.44. The van der Waals surface area contributed by atoms with E-state index < -0.39 is 5.97 Å². The van der Waals surface area contributed by atoms with Crippen molar-refractivity contribution in [1.29, 1.82) is 0 Å². The number of hydrogen-bond acceptors (Lipinski definition) is 2. The van der Waals surface area contributed by atoms with E-state index in [1.54, 1.807) is 0 Å². The second-order valence-corrected chi connectivity index (χ2v) is 5.90. The van der Waals surface area contributed by atoms with Gasteiger partial charge >= 0.3 is 5.97 Å². The molecule has 0 fully saturated rings. The largest absolute Gasteiger partial charge is 0.481 e. The third-order valence-electron chi connectivity index (χ3n) is 3.71. The fraction of sp³-hybridized carbons (Fsp3) is 0.833. The topological polar surface area (TPSA) is 57.5 Å². The van der Waals surface area contributed by atoms with Crippen LogP contribution in [0.3, 0.4) is 0 Å². The molecule has 0 aromatic heterocycles. The molecule has 0 amide bonds. The summed E-state index contributed by atoms with van der Waals surface area (Å²) in [6.45, 7) is 2.11. The monoisotopic (exact) mass is 298 g/mol. The van der Waals surface area contributed by atoms with E-state index in [1.807, 2.05) is 0 Å². The molecule has 0 aliphatic carbocycles. The molecule has 2 N–H and O–H groups in total. The Morgan fingerprint density at radius 2 is 1.48 bits per heavy atom. The van der Waals surface area contributed by atoms with Crippen LogP contribution in [0.4, 0.5) is 0 Å². The molecule has 0 aliphatic heterocycles. The predicted octanol–water partition coefficient (Wildman–Crippen LogP) is 5.08. The molecule has 3 nitrogen and oxygen atoms in total. The Kier molecular flexibility index (Phi) is 14.9. The maximum Gasteiger partial charge on any atom is 0.303 e. The van der Waals surface area contributed by atoms with Crippen molar-refractivity contribution >= 4 is 5.97 Å². The van der Waals surface area contributed by atoms with Gasteiger partial charge in [-0.25, -0.2) is 0 Å². The quantitative estimate of drug-likeness (QED) is 0.327. The summed E-state index contributed by atoms with van der Waals surface area (Å²) in [7, 11) is 0. The first kappa shape index (κ1) is 20.2. The van der Waals surface area contributed by atoms with Crippen molar-refractivity contribution in [1.82, 2.24) is 0 Å². The molecule has 0 spiro atoms. The number of carboxylic acid groups (broad SMARTS) is 1. The molecule has 0 saturated heterocycles. The van der Waals surface area contributed by atoms with Crippen molar-refractivity contribution < 1.29 is 15.0 Å². The van der Waals surface area contributed by atoms with Gasteiger partial charge in [-0.05, 0) is 44.9 Å². The van der Waals surface area contributed by atoms with Crippen LogP contribution >= 0.6 is 0 Å². The van der Waals surface area contributed by atoms with Gasteiger partial charge in [0.1, 0.15) is 0 Å². The highest BCUT2D eigenvalue weighted by molar-refractivity contribution is 5.66. The van der Waals surface area contributed by atoms with E-state index in [0.29, 0.717) is 6.42 Å². The van der Waals surface area contributed by atoms with E-state index in [1.165, 1.54) is 25.7 Å². The Bertz CT molecular complexity index is 261. The zero-order valence-corrected chi connectivity index (χ0v) is 13.7. The molecule has 0 rings (SSSR count). The molecular weight excluding hydrogens is 264 g/mol. The van der Waals surface area contributed by atoms with Gasteiger partial charge in [0.25, 0.3) is 0 Å². The second kappa shape index (κ2) is 15.6. The van der Waals surface area contributed by atoms with Crippen LogP contribution in [-0.4, -0.2) is 22.3 Å². The Morgan fingerprint density at radius 3 is 2.10 bits per heavy atom. The molecule has 0 heterocycles. The van der Waals surface area contributed by atoms with Crippen molar-refractivity contribution in [3.05, 3.63) is 12.2 Å². The van der Waals surface area contributed by atoms with Crippen LogP contribution in [0.25, 0.3) is 0 Å². The number of unbranched alkanes of at least 4 members (excludes halogenated alkanes) is 7. The fourth-order valence-electron chi connectivity index (χ4n) is 2.42. The van der Waals surface area contributed by atoms with E-state index in [9.17, 15) is 9.90 Å². The van der Waals surface area contributed by atoms with Crippen molar-refractivity contribution in [3.8, 4) is 0 Å². The molecular formula is C18H34O3. The number of hydrogen-bond donors (Lipinski definition) is 2. The van der Waals surface area contributed by atoms with Crippen LogP contribution in [0.2, 0.25) is 0 Å². The van der Waals surface area contributed by atoms with Crippen LogP contribution in [0.5, 0.6) is 0 Å². The number of aliphatic hydroxyl groups is 1. The lowest BCUT2D eigenvalue weighted by Crippen LogP contribution is -2.04. The SMILES string of the molecule is CCCC(O)CCCCCCCC=CCCCCC(=O)O. The number of carboxylic acids is 1. The molecule has 0 saturated carbocycles. The molecule has 1 atom stereocenters. The molecule has 0 aromatic rings. The minimum absolute atomic E-state index is 0.0842. The molecule has 0 radical (unpaired) electrons. The number of aliphatic carboxylic acids is 1. The summed E-state index contributed by atoms with van der Waals surface area (Å²) in [6, 6.07) is 0. The minimum Gasteiger partial charge on any atom is -0.481 e. The summed E-state index contributed by atoms with van der Waals surface area (Å²) in [5.74, 6) is -0.693. The summed E-state index contributed by atoms with van der Waals surface area (Å²) in [5.41, 5.74) is 0. The fourth-order valence-corrected chi connectivity index (χ4v) is 2.42. The van der Waals surface area contributed by atoms with Crippen LogP contribution in [0.1, 0.15) is 90.4 Å². The van der Waals surface area contributed by atoms with E-state index in [4.69, 9.17) is 5.11 Å². The van der Waals surface area contributed by atoms with Gasteiger partial charge < -0.3 is 10.2 Å². The van der Waals surface area contributed by atoms with Crippen LogP contribution in [0, 0.1) is 0 Å². The summed E-state index contributed by atoms with van der Waals surface area (Å²) in [4.78, 5) is 10.3. The smallest absolute Gasteiger partial charge is 0.303 e. The molecule has 21 heavy (non-hydrogen) atoms. The molecule has 0 aliphatic rings. The first-order chi connectivity index (χ1) is 10.2. The highest BCUT2D eigenvalue weighted by Crippen LogP contribution is 2.11. The van der Waals surface area contributed by atoms with Crippen LogP contribution < -0.4 is 0 Å². The Balaban J connectivity index is 3.16. The highest BCUT2D eigenvalue weighted by atomic mass is 16.4. The van der Waals surface area contributed by atoms with Gasteiger partial charge in [0.15, 0.2) is 0 Å². The van der Waals surface area contributed by atoms with Crippen LogP contribution in [-0.2, 0) is 4.79 Å². The van der Waals surface area contributed by atoms with Gasteiger partial charge in [-0.1, -0.05) is 51.2 Å². The van der Waals surface area contributed by atoms with Crippen LogP contribution in [0.15, 0.2) is 12.2 Å². The van der Waals surface area contributed by atoms with Gasteiger partial charge in [-0.3, -0.25) is 4.79 Å². The maximum absolute atomic E-state index is 10.3. The summed E-state index contributed by atoms with van der Waals surface area (Å²) in [6.07, 6.45) is 17.7. The van der Waals surface area contributed by atoms with Gasteiger partial charge in [0, 0.05) is 6.42 Å². The molecule has 0 bridgehead atoms. The second-order valence-electron chi connectivity index (χ2n) is 5.90. The number of rotatable bonds is 15. The zero-order valence-electron chi connectivity index (χ0n) is 13.7. The zero-order chi connectivity index (χ0) is 15.8.